The predicted octanol–water partition coefficient (Wildman–Crippen LogP) is 3.27. The van der Waals surface area contributed by atoms with Gasteiger partial charge in [-0.1, -0.05) is 47.6 Å². The fourth-order valence-corrected chi connectivity index (χ4v) is 3.35. The molecule has 0 radical (unpaired) electrons. The van der Waals surface area contributed by atoms with E-state index in [-0.39, 0.29) is 11.3 Å². The van der Waals surface area contributed by atoms with Crippen LogP contribution in [-0.4, -0.2) is 14.7 Å². The van der Waals surface area contributed by atoms with Crippen LogP contribution in [0.1, 0.15) is 5.56 Å². The first kappa shape index (κ1) is 13.2. The Balaban J connectivity index is 1.71. The Hall–Kier alpha value is -3.21. The van der Waals surface area contributed by atoms with E-state index < -0.39 is 0 Å². The lowest BCUT2D eigenvalue weighted by Gasteiger charge is -2.05. The third-order valence-corrected chi connectivity index (χ3v) is 4.49. The molecule has 3 heterocycles. The van der Waals surface area contributed by atoms with Crippen LogP contribution in [0, 0.1) is 0 Å². The van der Waals surface area contributed by atoms with E-state index in [1.807, 2.05) is 48.7 Å². The van der Waals surface area contributed by atoms with Crippen LogP contribution in [0.3, 0.4) is 0 Å². The standard InChI is InChI=1S/C19H13N3O2/c23-17-14-8-4-7-12-9-10-22(16(12)14)11-15(17)19-20-18(21-24-19)13-5-2-1-3-6-13/h1-8,11H,9-10H2. The normalized spacial score (nSPS) is 12.8. The second kappa shape index (κ2) is 4.89. The van der Waals surface area contributed by atoms with Crippen LogP contribution in [0.2, 0.25) is 0 Å². The van der Waals surface area contributed by atoms with Crippen LogP contribution >= 0.6 is 0 Å². The minimum atomic E-state index is -0.0618. The van der Waals surface area contributed by atoms with E-state index in [9.17, 15) is 4.79 Å². The molecule has 0 N–H and O–H groups in total. The van der Waals surface area contributed by atoms with Crippen molar-refractivity contribution in [1.29, 1.82) is 0 Å². The zero-order valence-corrected chi connectivity index (χ0v) is 12.8. The van der Waals surface area contributed by atoms with Crippen molar-refractivity contribution in [2.75, 3.05) is 0 Å². The molecule has 0 saturated carbocycles. The van der Waals surface area contributed by atoms with Gasteiger partial charge in [0.05, 0.1) is 5.52 Å². The van der Waals surface area contributed by atoms with Crippen LogP contribution in [0.15, 0.2) is 64.0 Å². The minimum absolute atomic E-state index is 0.0618. The molecular formula is C19H13N3O2. The van der Waals surface area contributed by atoms with E-state index in [0.29, 0.717) is 16.8 Å². The Morgan fingerprint density at radius 2 is 1.92 bits per heavy atom. The van der Waals surface area contributed by atoms with Gasteiger partial charge in [-0.25, -0.2) is 0 Å². The number of rotatable bonds is 2. The van der Waals surface area contributed by atoms with Gasteiger partial charge in [0.15, 0.2) is 0 Å². The first-order valence-corrected chi connectivity index (χ1v) is 7.86. The number of hydrogen-bond acceptors (Lipinski definition) is 4. The summed E-state index contributed by atoms with van der Waals surface area (Å²) in [7, 11) is 0. The fraction of sp³-hybridized carbons (Fsp3) is 0.105. The highest BCUT2D eigenvalue weighted by atomic mass is 16.5. The smallest absolute Gasteiger partial charge is 0.263 e. The Kier molecular flexibility index (Phi) is 2.70. The fourth-order valence-electron chi connectivity index (χ4n) is 3.35. The number of aryl methyl sites for hydroxylation is 2. The number of para-hydroxylation sites is 1. The van der Waals surface area contributed by atoms with Gasteiger partial charge in [0, 0.05) is 23.7 Å². The maximum atomic E-state index is 12.9. The van der Waals surface area contributed by atoms with Gasteiger partial charge in [-0.2, -0.15) is 4.98 Å². The van der Waals surface area contributed by atoms with Crippen molar-refractivity contribution >= 4 is 10.9 Å². The van der Waals surface area contributed by atoms with Gasteiger partial charge in [-0.05, 0) is 18.1 Å². The summed E-state index contributed by atoms with van der Waals surface area (Å²) in [6.45, 7) is 0.864. The second-order valence-electron chi connectivity index (χ2n) is 5.92. The zero-order chi connectivity index (χ0) is 16.1. The van der Waals surface area contributed by atoms with Crippen LogP contribution in [0.5, 0.6) is 0 Å². The maximum absolute atomic E-state index is 12.9. The lowest BCUT2D eigenvalue weighted by molar-refractivity contribution is 0.431. The summed E-state index contributed by atoms with van der Waals surface area (Å²) >= 11 is 0. The quantitative estimate of drug-likeness (QED) is 0.569. The first-order chi connectivity index (χ1) is 11.8. The predicted molar refractivity (Wildman–Crippen MR) is 90.6 cm³/mol. The summed E-state index contributed by atoms with van der Waals surface area (Å²) in [5.74, 6) is 0.752. The topological polar surface area (TPSA) is 60.9 Å². The van der Waals surface area contributed by atoms with Crippen LogP contribution in [-0.2, 0) is 13.0 Å². The Morgan fingerprint density at radius 3 is 2.79 bits per heavy atom. The molecule has 0 amide bonds. The molecule has 0 atom stereocenters. The van der Waals surface area contributed by atoms with E-state index in [1.54, 1.807) is 0 Å². The molecule has 116 valence electrons. The molecular weight excluding hydrogens is 302 g/mol. The number of aromatic nitrogens is 3. The minimum Gasteiger partial charge on any atom is -0.346 e. The molecule has 0 fully saturated rings. The highest BCUT2D eigenvalue weighted by molar-refractivity contribution is 5.86. The summed E-state index contributed by atoms with van der Waals surface area (Å²) in [4.78, 5) is 17.3. The van der Waals surface area contributed by atoms with Crippen molar-refractivity contribution in [3.8, 4) is 22.8 Å². The molecule has 1 aliphatic rings. The molecule has 24 heavy (non-hydrogen) atoms. The van der Waals surface area contributed by atoms with Gasteiger partial charge in [0.25, 0.3) is 5.89 Å². The Bertz CT molecular complexity index is 1130. The molecule has 2 aromatic carbocycles. The van der Waals surface area contributed by atoms with Crippen molar-refractivity contribution in [1.82, 2.24) is 14.7 Å². The zero-order valence-electron chi connectivity index (χ0n) is 12.8. The van der Waals surface area contributed by atoms with Crippen molar-refractivity contribution in [3.05, 3.63) is 70.5 Å². The average molecular weight is 315 g/mol. The van der Waals surface area contributed by atoms with Gasteiger partial charge in [-0.15, -0.1) is 0 Å². The molecule has 4 aromatic rings. The second-order valence-corrected chi connectivity index (χ2v) is 5.92. The first-order valence-electron chi connectivity index (χ1n) is 7.86. The molecule has 5 heteroatoms. The van der Waals surface area contributed by atoms with Gasteiger partial charge < -0.3 is 9.09 Å². The van der Waals surface area contributed by atoms with E-state index >= 15 is 0 Å². The average Bonchev–Trinajstić information content (AvgIpc) is 3.27. The summed E-state index contributed by atoms with van der Waals surface area (Å²) in [6, 6.07) is 15.5. The molecule has 0 aliphatic carbocycles. The van der Waals surface area contributed by atoms with Gasteiger partial charge >= 0.3 is 0 Å². The molecule has 5 nitrogen and oxygen atoms in total. The molecule has 2 aromatic heterocycles. The number of benzene rings is 2. The SMILES string of the molecule is O=c1c(-c2nc(-c3ccccc3)no2)cn2c3c(cccc13)CC2. The van der Waals surface area contributed by atoms with Crippen molar-refractivity contribution in [2.24, 2.45) is 0 Å². The van der Waals surface area contributed by atoms with Gasteiger partial charge in [-0.3, -0.25) is 4.79 Å². The van der Waals surface area contributed by atoms with Crippen LogP contribution in [0.4, 0.5) is 0 Å². The number of hydrogen-bond donors (Lipinski definition) is 0. The number of pyridine rings is 1. The Morgan fingerprint density at radius 1 is 1.04 bits per heavy atom. The highest BCUT2D eigenvalue weighted by Gasteiger charge is 2.21. The van der Waals surface area contributed by atoms with Crippen molar-refractivity contribution in [3.63, 3.8) is 0 Å². The number of nitrogens with zero attached hydrogens (tertiary/aromatic N) is 3. The van der Waals surface area contributed by atoms with E-state index in [0.717, 1.165) is 24.0 Å². The molecule has 0 saturated heterocycles. The summed E-state index contributed by atoms with van der Waals surface area (Å²) in [5.41, 5.74) is 3.49. The van der Waals surface area contributed by atoms with Crippen molar-refractivity contribution < 1.29 is 4.52 Å². The van der Waals surface area contributed by atoms with E-state index in [4.69, 9.17) is 4.52 Å². The summed E-state index contributed by atoms with van der Waals surface area (Å²) < 4.78 is 7.48. The van der Waals surface area contributed by atoms with Crippen LogP contribution < -0.4 is 5.43 Å². The van der Waals surface area contributed by atoms with E-state index in [2.05, 4.69) is 20.8 Å². The third-order valence-electron chi connectivity index (χ3n) is 4.49. The van der Waals surface area contributed by atoms with E-state index in [1.165, 1.54) is 5.56 Å². The van der Waals surface area contributed by atoms with Gasteiger partial charge in [0.2, 0.25) is 11.3 Å². The lowest BCUT2D eigenvalue weighted by Crippen LogP contribution is -2.10. The lowest BCUT2D eigenvalue weighted by atomic mass is 10.1. The highest BCUT2D eigenvalue weighted by Crippen LogP contribution is 2.27. The molecule has 5 rings (SSSR count). The molecule has 1 aliphatic heterocycles. The monoisotopic (exact) mass is 315 g/mol. The van der Waals surface area contributed by atoms with Gasteiger partial charge in [0.1, 0.15) is 5.56 Å². The Labute approximate surface area is 137 Å². The molecule has 0 bridgehead atoms. The van der Waals surface area contributed by atoms with Crippen LogP contribution in [0.25, 0.3) is 33.7 Å². The maximum Gasteiger partial charge on any atom is 0.263 e. The third kappa shape index (κ3) is 1.84. The molecule has 0 spiro atoms. The largest absolute Gasteiger partial charge is 0.346 e. The summed E-state index contributed by atoms with van der Waals surface area (Å²) in [6.07, 6.45) is 2.78. The molecule has 0 unspecified atom stereocenters. The summed E-state index contributed by atoms with van der Waals surface area (Å²) in [5, 5.41) is 4.73. The van der Waals surface area contributed by atoms with Crippen molar-refractivity contribution in [2.45, 2.75) is 13.0 Å².